The molecule has 0 saturated heterocycles. The summed E-state index contributed by atoms with van der Waals surface area (Å²) < 4.78 is 7.40. The normalized spacial score (nSPS) is 15.7. The minimum Gasteiger partial charge on any atom is -0.309 e. The summed E-state index contributed by atoms with van der Waals surface area (Å²) in [6, 6.07) is 65.7. The Balaban J connectivity index is 1.20. The molecule has 2 aliphatic rings. The molecule has 0 amide bonds. The molecule has 0 bridgehead atoms. The molecule has 3 heteroatoms. The molecule has 1 atom stereocenters. The molecule has 0 radical (unpaired) electrons. The second kappa shape index (κ2) is 11.7. The van der Waals surface area contributed by atoms with Crippen molar-refractivity contribution in [3.05, 3.63) is 221 Å². The van der Waals surface area contributed by atoms with Gasteiger partial charge in [-0.2, -0.15) is 0 Å². The Bertz CT molecular complexity index is 3720. The molecule has 0 saturated carbocycles. The number of benzene rings is 8. The van der Waals surface area contributed by atoms with E-state index in [1.54, 1.807) is 0 Å². The quantitative estimate of drug-likeness (QED) is 0.171. The van der Waals surface area contributed by atoms with Gasteiger partial charge in [0.05, 0.1) is 44.0 Å². The maximum absolute atomic E-state index is 4.62. The van der Waals surface area contributed by atoms with Crippen molar-refractivity contribution < 1.29 is 0 Å². The maximum Gasteiger partial charge on any atom is 0.0756 e. The number of nitrogens with zero attached hydrogens (tertiary/aromatic N) is 3. The van der Waals surface area contributed by atoms with E-state index >= 15 is 0 Å². The van der Waals surface area contributed by atoms with Crippen molar-refractivity contribution in [2.45, 2.75) is 12.3 Å². The van der Waals surface area contributed by atoms with E-state index in [4.69, 9.17) is 0 Å². The monoisotopic (exact) mass is 751 g/mol. The van der Waals surface area contributed by atoms with Crippen LogP contribution >= 0.6 is 0 Å². The predicted molar refractivity (Wildman–Crippen MR) is 247 cm³/mol. The molecule has 13 rings (SSSR count). The molecule has 276 valence electrons. The summed E-state index contributed by atoms with van der Waals surface area (Å²) >= 11 is 0. The largest absolute Gasteiger partial charge is 0.309 e. The van der Waals surface area contributed by atoms with Crippen molar-refractivity contribution in [2.24, 2.45) is 0 Å². The third-order valence-electron chi connectivity index (χ3n) is 13.3. The highest BCUT2D eigenvalue weighted by Gasteiger charge is 2.51. The van der Waals surface area contributed by atoms with Gasteiger partial charge in [0, 0.05) is 43.5 Å². The Kier molecular flexibility index (Phi) is 6.45. The van der Waals surface area contributed by atoms with E-state index in [-0.39, 0.29) is 0 Å². The lowest BCUT2D eigenvalue weighted by atomic mass is 9.65. The summed E-state index contributed by atoms with van der Waals surface area (Å²) in [6.07, 6.45) is 6.41. The van der Waals surface area contributed by atoms with Gasteiger partial charge in [-0.25, -0.2) is 0 Å². The number of fused-ring (bicyclic) bond motifs is 16. The molecule has 0 fully saturated rings. The van der Waals surface area contributed by atoms with Gasteiger partial charge in [-0.15, -0.1) is 0 Å². The lowest BCUT2D eigenvalue weighted by molar-refractivity contribution is 0.746. The van der Waals surface area contributed by atoms with Gasteiger partial charge in [-0.3, -0.25) is 0 Å². The average molecular weight is 752 g/mol. The van der Waals surface area contributed by atoms with Crippen molar-refractivity contribution in [2.75, 3.05) is 0 Å². The zero-order valence-corrected chi connectivity index (χ0v) is 32.5. The standard InChI is InChI=1S/C56H37N3/c1-3-4-23-49-35(2)38-16-5-10-24-50(38)57(49)36-29-31-39-40-32-30-37(58-51-25-11-6-17-41(51)42-18-7-12-26-52(42)58)34-48(40)56(47(39)33-36)45-21-9-14-28-54(45)59-53-27-13-8-19-43(53)44-20-15-22-46(56)55(44)59/h3-34H,2H2,1H3/b4-3-,49-23+. The van der Waals surface area contributed by atoms with Crippen LogP contribution in [-0.2, 0) is 5.41 Å². The fourth-order valence-electron chi connectivity index (χ4n) is 11.0. The molecule has 0 N–H and O–H groups in total. The van der Waals surface area contributed by atoms with Gasteiger partial charge in [-0.1, -0.05) is 140 Å². The van der Waals surface area contributed by atoms with Gasteiger partial charge in [0.25, 0.3) is 0 Å². The van der Waals surface area contributed by atoms with E-state index < -0.39 is 5.41 Å². The van der Waals surface area contributed by atoms with Gasteiger partial charge in [0.15, 0.2) is 0 Å². The maximum atomic E-state index is 4.62. The van der Waals surface area contributed by atoms with Gasteiger partial charge in [0.1, 0.15) is 0 Å². The first-order valence-electron chi connectivity index (χ1n) is 20.5. The highest BCUT2D eigenvalue weighted by molar-refractivity contribution is 6.13. The third kappa shape index (κ3) is 4.01. The van der Waals surface area contributed by atoms with Crippen LogP contribution in [-0.4, -0.2) is 13.7 Å². The van der Waals surface area contributed by atoms with Crippen LogP contribution in [0.2, 0.25) is 0 Å². The van der Waals surface area contributed by atoms with Crippen LogP contribution < -0.4 is 10.6 Å². The number of aromatic nitrogens is 3. The Morgan fingerprint density at radius 1 is 0.441 bits per heavy atom. The molecule has 1 spiro atoms. The summed E-state index contributed by atoms with van der Waals surface area (Å²) in [5.74, 6) is 0. The lowest BCUT2D eigenvalue weighted by Gasteiger charge is -2.39. The second-order valence-corrected chi connectivity index (χ2v) is 16.1. The number of rotatable bonds is 3. The molecule has 1 aliphatic heterocycles. The Labute approximate surface area is 340 Å². The first-order valence-corrected chi connectivity index (χ1v) is 20.5. The van der Waals surface area contributed by atoms with E-state index in [2.05, 4.69) is 221 Å². The molecule has 3 nitrogen and oxygen atoms in total. The molecule has 11 aromatic rings. The van der Waals surface area contributed by atoms with Gasteiger partial charge < -0.3 is 13.7 Å². The number of allylic oxidation sites excluding steroid dienone is 2. The smallest absolute Gasteiger partial charge is 0.0756 e. The van der Waals surface area contributed by atoms with Crippen LogP contribution in [0, 0.1) is 0 Å². The first-order chi connectivity index (χ1) is 29.2. The van der Waals surface area contributed by atoms with Crippen LogP contribution in [0.1, 0.15) is 29.2 Å². The van der Waals surface area contributed by atoms with Crippen molar-refractivity contribution in [1.29, 1.82) is 0 Å². The molecule has 1 aliphatic carbocycles. The SMILES string of the molecule is C=c1/c(=C\C=C/C)n(-c2ccc3c(c2)C2(c4cc(-n5c6ccccc6c6ccccc65)ccc4-3)c3ccccc3-n3c4ccccc4c4cccc2c43)c2ccccc12. The summed E-state index contributed by atoms with van der Waals surface area (Å²) in [5.41, 5.74) is 16.7. The topological polar surface area (TPSA) is 14.8 Å². The fraction of sp³-hybridized carbons (Fsp3) is 0.0357. The van der Waals surface area contributed by atoms with Gasteiger partial charge in [0.2, 0.25) is 0 Å². The van der Waals surface area contributed by atoms with Crippen molar-refractivity contribution in [1.82, 2.24) is 13.7 Å². The number of para-hydroxylation sites is 6. The highest BCUT2D eigenvalue weighted by Crippen LogP contribution is 2.61. The molecule has 59 heavy (non-hydrogen) atoms. The number of hydrogen-bond acceptors (Lipinski definition) is 0. The second-order valence-electron chi connectivity index (χ2n) is 16.1. The van der Waals surface area contributed by atoms with Crippen molar-refractivity contribution in [3.63, 3.8) is 0 Å². The molecular formula is C56H37N3. The Morgan fingerprint density at radius 3 is 1.58 bits per heavy atom. The van der Waals surface area contributed by atoms with Crippen LogP contribution in [0.25, 0.3) is 95.4 Å². The van der Waals surface area contributed by atoms with Crippen LogP contribution in [0.4, 0.5) is 0 Å². The summed E-state index contributed by atoms with van der Waals surface area (Å²) in [6.45, 7) is 6.69. The van der Waals surface area contributed by atoms with Crippen LogP contribution in [0.5, 0.6) is 0 Å². The van der Waals surface area contributed by atoms with E-state index in [1.165, 1.54) is 82.7 Å². The van der Waals surface area contributed by atoms with Crippen molar-refractivity contribution >= 4 is 67.2 Å². The number of hydrogen-bond donors (Lipinski definition) is 0. The molecule has 1 unspecified atom stereocenters. The zero-order chi connectivity index (χ0) is 39.0. The molecular weight excluding hydrogens is 715 g/mol. The van der Waals surface area contributed by atoms with Crippen LogP contribution in [0.15, 0.2) is 188 Å². The summed E-state index contributed by atoms with van der Waals surface area (Å²) in [7, 11) is 0. The first kappa shape index (κ1) is 32.5. The third-order valence-corrected chi connectivity index (χ3v) is 13.3. The van der Waals surface area contributed by atoms with Crippen LogP contribution in [0.3, 0.4) is 0 Å². The van der Waals surface area contributed by atoms with E-state index in [9.17, 15) is 0 Å². The average Bonchev–Trinajstić information content (AvgIpc) is 3.99. The lowest BCUT2D eigenvalue weighted by Crippen LogP contribution is -2.34. The Hall–Kier alpha value is -7.62. The summed E-state index contributed by atoms with van der Waals surface area (Å²) in [4.78, 5) is 0. The van der Waals surface area contributed by atoms with E-state index in [0.29, 0.717) is 0 Å². The molecule has 8 aromatic carbocycles. The van der Waals surface area contributed by atoms with E-state index in [0.717, 1.165) is 32.8 Å². The van der Waals surface area contributed by atoms with Gasteiger partial charge >= 0.3 is 0 Å². The Morgan fingerprint density at radius 2 is 0.932 bits per heavy atom. The highest BCUT2D eigenvalue weighted by atomic mass is 15.0. The van der Waals surface area contributed by atoms with Gasteiger partial charge in [-0.05, 0) is 101 Å². The van der Waals surface area contributed by atoms with Crippen molar-refractivity contribution in [3.8, 4) is 28.2 Å². The minimum atomic E-state index is -0.626. The fourth-order valence-corrected chi connectivity index (χ4v) is 11.0. The molecule has 4 heterocycles. The van der Waals surface area contributed by atoms with E-state index in [1.807, 2.05) is 0 Å². The molecule has 3 aromatic heterocycles. The predicted octanol–water partition coefficient (Wildman–Crippen LogP) is 12.3. The minimum absolute atomic E-state index is 0.626. The zero-order valence-electron chi connectivity index (χ0n) is 32.5. The summed E-state index contributed by atoms with van der Waals surface area (Å²) in [5, 5.41) is 8.36.